The van der Waals surface area contributed by atoms with Crippen molar-refractivity contribution in [1.82, 2.24) is 4.98 Å². The smallest absolute Gasteiger partial charge is 0.227 e. The first-order valence-electron chi connectivity index (χ1n) is 16.5. The number of para-hydroxylation sites is 1. The van der Waals surface area contributed by atoms with Crippen molar-refractivity contribution in [1.29, 1.82) is 0 Å². The second-order valence-corrected chi connectivity index (χ2v) is 12.4. The highest BCUT2D eigenvalue weighted by molar-refractivity contribution is 6.19. The average Bonchev–Trinajstić information content (AvgIpc) is 3.78. The predicted molar refractivity (Wildman–Crippen MR) is 202 cm³/mol. The van der Waals surface area contributed by atoms with Crippen LogP contribution in [0.3, 0.4) is 0 Å². The Morgan fingerprint density at radius 1 is 0.408 bits per heavy atom. The Morgan fingerprint density at radius 2 is 1.10 bits per heavy atom. The standard InChI is InChI=1S/C45H28N2O2/c1-2-11-32(12-3-1)45-46-44-38(15-8-16-42(44)49-45)31-18-21-34(22-19-31)47(35-23-17-29-9-4-5-13-33(29)27-35)36-24-26-40-39(28-36)43-37-14-7-6-10-30(37)20-25-41(43)48-40/h1-28H. The molecule has 0 fully saturated rings. The van der Waals surface area contributed by atoms with Gasteiger partial charge in [0, 0.05) is 39.0 Å². The summed E-state index contributed by atoms with van der Waals surface area (Å²) < 4.78 is 12.5. The number of hydrogen-bond donors (Lipinski definition) is 0. The second-order valence-electron chi connectivity index (χ2n) is 12.4. The molecule has 8 aromatic carbocycles. The summed E-state index contributed by atoms with van der Waals surface area (Å²) in [6.07, 6.45) is 0. The van der Waals surface area contributed by atoms with E-state index in [1.165, 1.54) is 21.5 Å². The van der Waals surface area contributed by atoms with Crippen molar-refractivity contribution in [3.63, 3.8) is 0 Å². The third-order valence-corrected chi connectivity index (χ3v) is 9.47. The number of aromatic nitrogens is 1. The van der Waals surface area contributed by atoms with Gasteiger partial charge in [0.2, 0.25) is 5.89 Å². The van der Waals surface area contributed by atoms with E-state index < -0.39 is 0 Å². The summed E-state index contributed by atoms with van der Waals surface area (Å²) in [4.78, 5) is 7.25. The highest BCUT2D eigenvalue weighted by Gasteiger charge is 2.18. The third-order valence-electron chi connectivity index (χ3n) is 9.47. The minimum atomic E-state index is 0.622. The first kappa shape index (κ1) is 27.5. The first-order valence-corrected chi connectivity index (χ1v) is 16.5. The van der Waals surface area contributed by atoms with Crippen molar-refractivity contribution in [3.8, 4) is 22.6 Å². The third kappa shape index (κ3) is 4.57. The van der Waals surface area contributed by atoms with E-state index in [1.807, 2.05) is 42.5 Å². The van der Waals surface area contributed by atoms with Crippen LogP contribution in [0.1, 0.15) is 0 Å². The molecule has 49 heavy (non-hydrogen) atoms. The molecule has 2 aromatic heterocycles. The van der Waals surface area contributed by atoms with Crippen molar-refractivity contribution >= 4 is 71.6 Å². The summed E-state index contributed by atoms with van der Waals surface area (Å²) >= 11 is 0. The molecule has 4 heteroatoms. The quantitative estimate of drug-likeness (QED) is 0.190. The van der Waals surface area contributed by atoms with Gasteiger partial charge < -0.3 is 13.7 Å². The summed E-state index contributed by atoms with van der Waals surface area (Å²) in [5.74, 6) is 0.622. The topological polar surface area (TPSA) is 42.4 Å². The van der Waals surface area contributed by atoms with Crippen LogP contribution < -0.4 is 4.90 Å². The molecule has 10 rings (SSSR count). The van der Waals surface area contributed by atoms with Gasteiger partial charge in [-0.25, -0.2) is 4.98 Å². The molecule has 0 spiro atoms. The number of furan rings is 1. The van der Waals surface area contributed by atoms with Crippen LogP contribution in [0.15, 0.2) is 179 Å². The second kappa shape index (κ2) is 11.0. The van der Waals surface area contributed by atoms with Crippen LogP contribution in [0.5, 0.6) is 0 Å². The lowest BCUT2D eigenvalue weighted by atomic mass is 10.0. The molecule has 0 aliphatic carbocycles. The predicted octanol–water partition coefficient (Wildman–Crippen LogP) is 12.8. The fourth-order valence-corrected chi connectivity index (χ4v) is 7.11. The molecule has 0 radical (unpaired) electrons. The number of rotatable bonds is 5. The molecule has 0 atom stereocenters. The fourth-order valence-electron chi connectivity index (χ4n) is 7.11. The Morgan fingerprint density at radius 3 is 1.98 bits per heavy atom. The van der Waals surface area contributed by atoms with Crippen molar-refractivity contribution < 1.29 is 8.83 Å². The van der Waals surface area contributed by atoms with Gasteiger partial charge in [0.15, 0.2) is 5.58 Å². The van der Waals surface area contributed by atoms with E-state index >= 15 is 0 Å². The molecule has 0 bridgehead atoms. The van der Waals surface area contributed by atoms with E-state index in [4.69, 9.17) is 13.8 Å². The van der Waals surface area contributed by atoms with Crippen molar-refractivity contribution in [3.05, 3.63) is 170 Å². The van der Waals surface area contributed by atoms with Gasteiger partial charge in [0.25, 0.3) is 0 Å². The highest BCUT2D eigenvalue weighted by atomic mass is 16.3. The minimum absolute atomic E-state index is 0.622. The van der Waals surface area contributed by atoms with E-state index in [0.29, 0.717) is 5.89 Å². The van der Waals surface area contributed by atoms with Crippen LogP contribution >= 0.6 is 0 Å². The Kier molecular flexibility index (Phi) is 6.15. The number of oxazole rings is 1. The lowest BCUT2D eigenvalue weighted by Crippen LogP contribution is -2.09. The van der Waals surface area contributed by atoms with Crippen LogP contribution in [-0.4, -0.2) is 4.98 Å². The van der Waals surface area contributed by atoms with Gasteiger partial charge in [-0.1, -0.05) is 103 Å². The summed E-state index contributed by atoms with van der Waals surface area (Å²) in [6, 6.07) is 59.3. The zero-order chi connectivity index (χ0) is 32.3. The van der Waals surface area contributed by atoms with E-state index in [2.05, 4.69) is 132 Å². The van der Waals surface area contributed by atoms with Crippen LogP contribution in [-0.2, 0) is 0 Å². The fraction of sp³-hybridized carbons (Fsp3) is 0. The van der Waals surface area contributed by atoms with Crippen LogP contribution in [0.4, 0.5) is 17.1 Å². The summed E-state index contributed by atoms with van der Waals surface area (Å²) in [6.45, 7) is 0. The Labute approximate surface area is 282 Å². The van der Waals surface area contributed by atoms with Gasteiger partial charge >= 0.3 is 0 Å². The number of anilines is 3. The Bertz CT molecular complexity index is 2830. The number of nitrogens with zero attached hydrogens (tertiary/aromatic N) is 2. The van der Waals surface area contributed by atoms with Gasteiger partial charge in [-0.2, -0.15) is 0 Å². The minimum Gasteiger partial charge on any atom is -0.456 e. The summed E-state index contributed by atoms with van der Waals surface area (Å²) in [7, 11) is 0. The van der Waals surface area contributed by atoms with E-state index in [0.717, 1.165) is 66.8 Å². The van der Waals surface area contributed by atoms with Gasteiger partial charge in [-0.05, 0) is 93.8 Å². The molecule has 0 amide bonds. The number of fused-ring (bicyclic) bond motifs is 7. The van der Waals surface area contributed by atoms with E-state index in [9.17, 15) is 0 Å². The molecule has 2 heterocycles. The molecule has 0 unspecified atom stereocenters. The van der Waals surface area contributed by atoms with Gasteiger partial charge in [-0.3, -0.25) is 0 Å². The monoisotopic (exact) mass is 628 g/mol. The zero-order valence-corrected chi connectivity index (χ0v) is 26.4. The lowest BCUT2D eigenvalue weighted by molar-refractivity contribution is 0.620. The summed E-state index contributed by atoms with van der Waals surface area (Å²) in [5, 5.41) is 7.02. The maximum Gasteiger partial charge on any atom is 0.227 e. The van der Waals surface area contributed by atoms with E-state index in [-0.39, 0.29) is 0 Å². The molecule has 0 saturated heterocycles. The van der Waals surface area contributed by atoms with Gasteiger partial charge in [-0.15, -0.1) is 0 Å². The largest absolute Gasteiger partial charge is 0.456 e. The van der Waals surface area contributed by atoms with Crippen LogP contribution in [0, 0.1) is 0 Å². The Hall–Kier alpha value is -6.65. The molecule has 0 aliphatic rings. The lowest BCUT2D eigenvalue weighted by Gasteiger charge is -2.26. The molecule has 0 N–H and O–H groups in total. The van der Waals surface area contributed by atoms with Crippen molar-refractivity contribution in [2.24, 2.45) is 0 Å². The van der Waals surface area contributed by atoms with Gasteiger partial charge in [0.05, 0.1) is 0 Å². The molecule has 0 saturated carbocycles. The van der Waals surface area contributed by atoms with Crippen LogP contribution in [0.25, 0.3) is 77.2 Å². The molecule has 230 valence electrons. The molecule has 10 aromatic rings. The first-order chi connectivity index (χ1) is 24.3. The average molecular weight is 629 g/mol. The highest BCUT2D eigenvalue weighted by Crippen LogP contribution is 2.42. The SMILES string of the molecule is c1ccc(-c2nc3c(-c4ccc(N(c5ccc6ccccc6c5)c5ccc6oc7ccc8ccccc8c7c6c5)cc4)cccc3o2)cc1. The van der Waals surface area contributed by atoms with E-state index in [1.54, 1.807) is 0 Å². The van der Waals surface area contributed by atoms with Crippen LogP contribution in [0.2, 0.25) is 0 Å². The number of benzene rings is 8. The number of hydrogen-bond acceptors (Lipinski definition) is 4. The Balaban J connectivity index is 1.13. The van der Waals surface area contributed by atoms with Crippen molar-refractivity contribution in [2.75, 3.05) is 4.90 Å². The summed E-state index contributed by atoms with van der Waals surface area (Å²) in [5.41, 5.74) is 9.64. The van der Waals surface area contributed by atoms with Crippen molar-refractivity contribution in [2.45, 2.75) is 0 Å². The normalized spacial score (nSPS) is 11.7. The maximum absolute atomic E-state index is 6.36. The molecule has 0 aliphatic heterocycles. The maximum atomic E-state index is 6.36. The molecule has 4 nitrogen and oxygen atoms in total. The molecular weight excluding hydrogens is 601 g/mol. The van der Waals surface area contributed by atoms with Gasteiger partial charge in [0.1, 0.15) is 16.7 Å². The molecular formula is C45H28N2O2. The zero-order valence-electron chi connectivity index (χ0n) is 26.4.